The van der Waals surface area contributed by atoms with Crippen molar-refractivity contribution < 1.29 is 24.7 Å². The van der Waals surface area contributed by atoms with Gasteiger partial charge in [-0.15, -0.1) is 0 Å². The lowest BCUT2D eigenvalue weighted by Crippen LogP contribution is -2.36. The number of aromatic nitrogens is 2. The number of carbonyl (C=O) groups is 1. The minimum atomic E-state index is -1.46. The molecule has 11 heteroatoms. The summed E-state index contributed by atoms with van der Waals surface area (Å²) in [6.07, 6.45) is -4.07. The number of carbonyl (C=O) groups excluding carboxylic acids is 1. The fourth-order valence-electron chi connectivity index (χ4n) is 1.75. The van der Waals surface area contributed by atoms with Gasteiger partial charge in [-0.25, -0.2) is 9.97 Å². The molecule has 1 aliphatic rings. The number of hydrogen-bond acceptors (Lipinski definition) is 10. The zero-order chi connectivity index (χ0) is 14.9. The number of aliphatic hydroxyl groups is 2. The molecule has 4 atom stereocenters. The molecule has 0 bridgehead atoms. The van der Waals surface area contributed by atoms with Crippen molar-refractivity contribution in [3.8, 4) is 0 Å². The van der Waals surface area contributed by atoms with Gasteiger partial charge in [-0.05, 0) is 0 Å². The van der Waals surface area contributed by atoms with E-state index in [1.165, 1.54) is 0 Å². The predicted octanol–water partition coefficient (Wildman–Crippen LogP) is -1.98. The van der Waals surface area contributed by atoms with Gasteiger partial charge in [-0.3, -0.25) is 10.1 Å². The van der Waals surface area contributed by atoms with Crippen molar-refractivity contribution in [3.63, 3.8) is 0 Å². The number of nitrogens with zero attached hydrogens (tertiary/aromatic N) is 3. The molecule has 20 heavy (non-hydrogen) atoms. The van der Waals surface area contributed by atoms with E-state index >= 15 is 0 Å². The highest BCUT2D eigenvalue weighted by atomic mass is 16.6. The van der Waals surface area contributed by atoms with Crippen molar-refractivity contribution in [2.24, 2.45) is 0 Å². The van der Waals surface area contributed by atoms with Crippen LogP contribution in [0.3, 0.4) is 0 Å². The maximum atomic E-state index is 10.9. The highest BCUT2D eigenvalue weighted by Crippen LogP contribution is 2.29. The number of nitro groups is 1. The zero-order valence-corrected chi connectivity index (χ0v) is 9.91. The van der Waals surface area contributed by atoms with Gasteiger partial charge in [0.25, 0.3) is 0 Å². The summed E-state index contributed by atoms with van der Waals surface area (Å²) >= 11 is 0. The minimum absolute atomic E-state index is 0.287. The van der Waals surface area contributed by atoms with Crippen LogP contribution in [0.4, 0.5) is 17.3 Å². The first kappa shape index (κ1) is 14.0. The second-order valence-electron chi connectivity index (χ2n) is 4.00. The third kappa shape index (κ3) is 2.36. The van der Waals surface area contributed by atoms with E-state index in [4.69, 9.17) is 10.5 Å². The summed E-state index contributed by atoms with van der Waals surface area (Å²) in [5.74, 6) is -0.655. The molecule has 0 aromatic carbocycles. The van der Waals surface area contributed by atoms with Crippen LogP contribution < -0.4 is 11.1 Å². The highest BCUT2D eigenvalue weighted by molar-refractivity contribution is 5.67. The first-order chi connectivity index (χ1) is 9.45. The van der Waals surface area contributed by atoms with Crippen LogP contribution in [0.15, 0.2) is 6.33 Å². The Hall–Kier alpha value is -2.37. The van der Waals surface area contributed by atoms with Gasteiger partial charge in [0.15, 0.2) is 12.5 Å². The van der Waals surface area contributed by atoms with Gasteiger partial charge in [0.1, 0.15) is 24.6 Å². The molecule has 0 amide bonds. The molecule has 0 saturated carbocycles. The molecule has 0 aliphatic carbocycles. The summed E-state index contributed by atoms with van der Waals surface area (Å²) in [7, 11) is 0. The number of nitrogen functional groups attached to an aromatic ring is 1. The van der Waals surface area contributed by atoms with E-state index < -0.39 is 35.2 Å². The lowest BCUT2D eigenvalue weighted by molar-refractivity contribution is -0.383. The molecule has 1 aromatic heterocycles. The Balaban J connectivity index is 2.25. The number of nitrogens with two attached hydrogens (primary N) is 1. The SMILES string of the molecule is Nc1ncnc(NC2OC(C=O)C(O)C2O)c1[N+](=O)[O-]. The fraction of sp³-hybridized carbons (Fsp3) is 0.444. The average Bonchev–Trinajstić information content (AvgIpc) is 2.66. The summed E-state index contributed by atoms with van der Waals surface area (Å²) < 4.78 is 5.01. The summed E-state index contributed by atoms with van der Waals surface area (Å²) in [6.45, 7) is 0. The van der Waals surface area contributed by atoms with Crippen LogP contribution in [0.5, 0.6) is 0 Å². The molecule has 1 fully saturated rings. The lowest BCUT2D eigenvalue weighted by atomic mass is 10.1. The summed E-state index contributed by atoms with van der Waals surface area (Å²) in [5.41, 5.74) is 4.78. The summed E-state index contributed by atoms with van der Waals surface area (Å²) in [5, 5.41) is 32.5. The van der Waals surface area contributed by atoms with E-state index in [-0.39, 0.29) is 11.6 Å². The van der Waals surface area contributed by atoms with Crippen molar-refractivity contribution in [2.45, 2.75) is 24.5 Å². The van der Waals surface area contributed by atoms with Crippen LogP contribution in [0.25, 0.3) is 0 Å². The van der Waals surface area contributed by atoms with Crippen LogP contribution in [0.2, 0.25) is 0 Å². The van der Waals surface area contributed by atoms with E-state index in [9.17, 15) is 25.1 Å². The molecule has 11 nitrogen and oxygen atoms in total. The molecular formula is C9H11N5O6. The van der Waals surface area contributed by atoms with Crippen molar-refractivity contribution in [1.29, 1.82) is 0 Å². The Morgan fingerprint density at radius 2 is 2.15 bits per heavy atom. The van der Waals surface area contributed by atoms with Crippen LogP contribution >= 0.6 is 0 Å². The number of rotatable bonds is 4. The number of hydrogen-bond donors (Lipinski definition) is 4. The Morgan fingerprint density at radius 1 is 1.45 bits per heavy atom. The van der Waals surface area contributed by atoms with Crippen LogP contribution in [0.1, 0.15) is 0 Å². The standard InChI is InChI=1S/C9H11N5O6/c10-7-4(14(18)19)8(12-2-11-7)13-9-6(17)5(16)3(1-15)20-9/h1-3,5-6,9,16-17H,(H3,10,11,12,13). The van der Waals surface area contributed by atoms with Crippen molar-refractivity contribution in [2.75, 3.05) is 11.1 Å². The normalized spacial score (nSPS) is 29.1. The molecule has 4 unspecified atom stereocenters. The smallest absolute Gasteiger partial charge is 0.353 e. The van der Waals surface area contributed by atoms with Crippen LogP contribution in [0, 0.1) is 10.1 Å². The maximum absolute atomic E-state index is 10.9. The number of nitrogens with one attached hydrogen (secondary N) is 1. The number of aldehydes is 1. The lowest BCUT2D eigenvalue weighted by Gasteiger charge is -2.16. The number of aliphatic hydroxyl groups excluding tert-OH is 2. The maximum Gasteiger partial charge on any atom is 0.353 e. The average molecular weight is 285 g/mol. The van der Waals surface area contributed by atoms with E-state index in [1.807, 2.05) is 0 Å². The fourth-order valence-corrected chi connectivity index (χ4v) is 1.75. The summed E-state index contributed by atoms with van der Waals surface area (Å²) in [6, 6.07) is 0. The summed E-state index contributed by atoms with van der Waals surface area (Å²) in [4.78, 5) is 27.8. The van der Waals surface area contributed by atoms with Gasteiger partial charge in [0.05, 0.1) is 4.92 Å². The molecule has 108 valence electrons. The molecule has 0 radical (unpaired) electrons. The van der Waals surface area contributed by atoms with Crippen LogP contribution in [-0.4, -0.2) is 55.9 Å². The monoisotopic (exact) mass is 285 g/mol. The molecular weight excluding hydrogens is 274 g/mol. The Labute approximate surface area is 111 Å². The van der Waals surface area contributed by atoms with Crippen molar-refractivity contribution in [3.05, 3.63) is 16.4 Å². The van der Waals surface area contributed by atoms with E-state index in [2.05, 4.69) is 15.3 Å². The second kappa shape index (κ2) is 5.32. The van der Waals surface area contributed by atoms with Crippen LogP contribution in [-0.2, 0) is 9.53 Å². The van der Waals surface area contributed by atoms with E-state index in [0.717, 1.165) is 6.33 Å². The topological polar surface area (TPSA) is 174 Å². The zero-order valence-electron chi connectivity index (χ0n) is 9.91. The Morgan fingerprint density at radius 3 is 2.70 bits per heavy atom. The second-order valence-corrected chi connectivity index (χ2v) is 4.00. The van der Waals surface area contributed by atoms with Gasteiger partial charge in [-0.1, -0.05) is 0 Å². The minimum Gasteiger partial charge on any atom is -0.387 e. The van der Waals surface area contributed by atoms with Gasteiger partial charge in [0, 0.05) is 0 Å². The van der Waals surface area contributed by atoms with E-state index in [1.54, 1.807) is 0 Å². The van der Waals surface area contributed by atoms with Gasteiger partial charge in [0.2, 0.25) is 11.6 Å². The molecule has 1 aliphatic heterocycles. The largest absolute Gasteiger partial charge is 0.387 e. The first-order valence-electron chi connectivity index (χ1n) is 5.44. The number of ether oxygens (including phenoxy) is 1. The Bertz CT molecular complexity index is 540. The van der Waals surface area contributed by atoms with Gasteiger partial charge in [-0.2, -0.15) is 0 Å². The Kier molecular flexibility index (Phi) is 3.74. The molecule has 1 aromatic rings. The van der Waals surface area contributed by atoms with E-state index in [0.29, 0.717) is 6.29 Å². The third-order valence-corrected chi connectivity index (χ3v) is 2.75. The van der Waals surface area contributed by atoms with Crippen molar-refractivity contribution >= 4 is 23.6 Å². The highest BCUT2D eigenvalue weighted by Gasteiger charge is 2.43. The molecule has 1 saturated heterocycles. The quantitative estimate of drug-likeness (QED) is 0.276. The molecule has 2 heterocycles. The number of anilines is 2. The molecule has 5 N–H and O–H groups in total. The van der Waals surface area contributed by atoms with Gasteiger partial charge >= 0.3 is 5.69 Å². The molecule has 2 rings (SSSR count). The van der Waals surface area contributed by atoms with Gasteiger partial charge < -0.3 is 30.8 Å². The molecule has 0 spiro atoms. The third-order valence-electron chi connectivity index (χ3n) is 2.75. The van der Waals surface area contributed by atoms with Crippen molar-refractivity contribution in [1.82, 2.24) is 9.97 Å². The first-order valence-corrected chi connectivity index (χ1v) is 5.44. The predicted molar refractivity (Wildman–Crippen MR) is 63.5 cm³/mol.